The number of aromatic hydroxyl groups is 1. The molecule has 2 heterocycles. The molecule has 1 amide bonds. The highest BCUT2D eigenvalue weighted by atomic mass is 16.5. The second kappa shape index (κ2) is 7.79. The standard InChI is InChI=1S/C19H22N2O6/c1-11-4-16(27-20-11)8-14-9-21(10-17(14)25-2)18(23)12-5-13(19(24)26-3)7-15(22)6-12/h4-7,14,17,22H,8-10H2,1-3H3/t14-,17+/m1/s1. The molecule has 0 bridgehead atoms. The average molecular weight is 374 g/mol. The van der Waals surface area contributed by atoms with Gasteiger partial charge in [0.15, 0.2) is 0 Å². The van der Waals surface area contributed by atoms with Crippen LogP contribution in [0.25, 0.3) is 0 Å². The van der Waals surface area contributed by atoms with Gasteiger partial charge in [-0.15, -0.1) is 0 Å². The van der Waals surface area contributed by atoms with Crippen LogP contribution in [0.15, 0.2) is 28.8 Å². The summed E-state index contributed by atoms with van der Waals surface area (Å²) in [4.78, 5) is 26.3. The van der Waals surface area contributed by atoms with Gasteiger partial charge in [0.05, 0.1) is 24.5 Å². The van der Waals surface area contributed by atoms with Gasteiger partial charge in [0, 0.05) is 44.2 Å². The van der Waals surface area contributed by atoms with Gasteiger partial charge in [0.25, 0.3) is 5.91 Å². The molecule has 8 heteroatoms. The predicted octanol–water partition coefficient (Wildman–Crippen LogP) is 1.80. The van der Waals surface area contributed by atoms with Crippen LogP contribution in [0, 0.1) is 12.8 Å². The minimum Gasteiger partial charge on any atom is -0.508 e. The summed E-state index contributed by atoms with van der Waals surface area (Å²) >= 11 is 0. The van der Waals surface area contributed by atoms with Crippen LogP contribution in [-0.4, -0.2) is 60.5 Å². The molecule has 0 saturated carbocycles. The zero-order valence-electron chi connectivity index (χ0n) is 15.5. The number of hydrogen-bond acceptors (Lipinski definition) is 7. The Morgan fingerprint density at radius 3 is 2.59 bits per heavy atom. The molecule has 0 unspecified atom stereocenters. The van der Waals surface area contributed by atoms with E-state index in [1.54, 1.807) is 12.0 Å². The molecule has 2 atom stereocenters. The number of nitrogens with zero attached hydrogens (tertiary/aromatic N) is 2. The number of phenols is 1. The van der Waals surface area contributed by atoms with E-state index in [0.717, 1.165) is 11.5 Å². The number of phenolic OH excluding ortho intramolecular Hbond substituents is 1. The number of benzene rings is 1. The molecule has 1 aromatic heterocycles. The number of aryl methyl sites for hydroxylation is 1. The molecular weight excluding hydrogens is 352 g/mol. The summed E-state index contributed by atoms with van der Waals surface area (Å²) in [5, 5.41) is 13.7. The van der Waals surface area contributed by atoms with E-state index in [4.69, 9.17) is 9.26 Å². The number of likely N-dealkylation sites (tertiary alicyclic amines) is 1. The van der Waals surface area contributed by atoms with Gasteiger partial charge < -0.3 is 24.0 Å². The molecule has 8 nitrogen and oxygen atoms in total. The van der Waals surface area contributed by atoms with Gasteiger partial charge in [-0.25, -0.2) is 4.79 Å². The number of carbonyl (C=O) groups is 2. The molecule has 0 aliphatic carbocycles. The van der Waals surface area contributed by atoms with Crippen molar-refractivity contribution in [1.82, 2.24) is 10.1 Å². The minimum atomic E-state index is -0.616. The Morgan fingerprint density at radius 2 is 1.96 bits per heavy atom. The van der Waals surface area contributed by atoms with E-state index in [0.29, 0.717) is 19.5 Å². The number of aromatic nitrogens is 1. The minimum absolute atomic E-state index is 0.0590. The van der Waals surface area contributed by atoms with Crippen molar-refractivity contribution < 1.29 is 28.7 Å². The van der Waals surface area contributed by atoms with Crippen molar-refractivity contribution in [3.05, 3.63) is 46.8 Å². The van der Waals surface area contributed by atoms with Crippen LogP contribution in [0.5, 0.6) is 5.75 Å². The summed E-state index contributed by atoms with van der Waals surface area (Å²) in [5.41, 5.74) is 1.15. The summed E-state index contributed by atoms with van der Waals surface area (Å²) in [5.74, 6) is -0.260. The molecule has 2 aromatic rings. The Labute approximate surface area is 156 Å². The van der Waals surface area contributed by atoms with E-state index in [2.05, 4.69) is 9.89 Å². The predicted molar refractivity (Wildman–Crippen MR) is 94.6 cm³/mol. The maximum Gasteiger partial charge on any atom is 0.338 e. The molecule has 144 valence electrons. The third-order valence-electron chi connectivity index (χ3n) is 4.70. The highest BCUT2D eigenvalue weighted by molar-refractivity contribution is 5.98. The number of ether oxygens (including phenoxy) is 2. The summed E-state index contributed by atoms with van der Waals surface area (Å²) in [6.45, 7) is 2.74. The first-order valence-corrected chi connectivity index (χ1v) is 8.58. The van der Waals surface area contributed by atoms with E-state index in [1.165, 1.54) is 25.3 Å². The summed E-state index contributed by atoms with van der Waals surface area (Å²) in [6, 6.07) is 5.89. The smallest absolute Gasteiger partial charge is 0.338 e. The fourth-order valence-corrected chi connectivity index (χ4v) is 3.39. The highest BCUT2D eigenvalue weighted by Crippen LogP contribution is 2.26. The lowest BCUT2D eigenvalue weighted by molar-refractivity contribution is 0.0600. The Hall–Kier alpha value is -2.87. The number of hydrogen-bond donors (Lipinski definition) is 1. The number of carbonyl (C=O) groups excluding carboxylic acids is 2. The second-order valence-electron chi connectivity index (χ2n) is 6.64. The van der Waals surface area contributed by atoms with Crippen LogP contribution in [-0.2, 0) is 15.9 Å². The lowest BCUT2D eigenvalue weighted by atomic mass is 10.0. The van der Waals surface area contributed by atoms with E-state index < -0.39 is 5.97 Å². The van der Waals surface area contributed by atoms with Crippen LogP contribution in [0.4, 0.5) is 0 Å². The SMILES string of the molecule is COC(=O)c1cc(O)cc(C(=O)N2C[C@@H](Cc3cc(C)no3)[C@@H](OC)C2)c1. The molecule has 0 spiro atoms. The van der Waals surface area contributed by atoms with Gasteiger partial charge >= 0.3 is 5.97 Å². The molecule has 1 N–H and O–H groups in total. The van der Waals surface area contributed by atoms with Crippen LogP contribution >= 0.6 is 0 Å². The summed E-state index contributed by atoms with van der Waals surface area (Å²) in [7, 11) is 2.86. The number of methoxy groups -OCH3 is 2. The van der Waals surface area contributed by atoms with Crippen molar-refractivity contribution in [2.45, 2.75) is 19.4 Å². The maximum absolute atomic E-state index is 12.9. The first-order valence-electron chi connectivity index (χ1n) is 8.58. The topological polar surface area (TPSA) is 102 Å². The third kappa shape index (κ3) is 4.11. The molecule has 1 aromatic carbocycles. The Bertz CT molecular complexity index is 846. The van der Waals surface area contributed by atoms with Gasteiger partial charge in [-0.05, 0) is 25.1 Å². The normalized spacial score (nSPS) is 19.3. The van der Waals surface area contributed by atoms with Crippen LogP contribution in [0.3, 0.4) is 0 Å². The van der Waals surface area contributed by atoms with E-state index in [1.807, 2.05) is 13.0 Å². The van der Waals surface area contributed by atoms with E-state index in [9.17, 15) is 14.7 Å². The van der Waals surface area contributed by atoms with Crippen LogP contribution < -0.4 is 0 Å². The van der Waals surface area contributed by atoms with Crippen molar-refractivity contribution in [3.8, 4) is 5.75 Å². The zero-order valence-corrected chi connectivity index (χ0v) is 15.5. The second-order valence-corrected chi connectivity index (χ2v) is 6.64. The van der Waals surface area contributed by atoms with Gasteiger partial charge in [-0.1, -0.05) is 5.16 Å². The fourth-order valence-electron chi connectivity index (χ4n) is 3.39. The summed E-state index contributed by atoms with van der Waals surface area (Å²) in [6.07, 6.45) is 0.466. The molecule has 0 radical (unpaired) electrons. The van der Waals surface area contributed by atoms with E-state index in [-0.39, 0.29) is 34.8 Å². The first-order chi connectivity index (χ1) is 12.9. The first kappa shape index (κ1) is 18.9. The lowest BCUT2D eigenvalue weighted by Crippen LogP contribution is -2.30. The van der Waals surface area contributed by atoms with Crippen molar-refractivity contribution in [3.63, 3.8) is 0 Å². The fraction of sp³-hybridized carbons (Fsp3) is 0.421. The number of rotatable bonds is 5. The lowest BCUT2D eigenvalue weighted by Gasteiger charge is -2.16. The van der Waals surface area contributed by atoms with Crippen molar-refractivity contribution in [1.29, 1.82) is 0 Å². The molecule has 1 aliphatic heterocycles. The highest BCUT2D eigenvalue weighted by Gasteiger charge is 2.36. The average Bonchev–Trinajstić information content (AvgIpc) is 3.25. The largest absolute Gasteiger partial charge is 0.508 e. The quantitative estimate of drug-likeness (QED) is 0.796. The molecular formula is C19H22N2O6. The molecule has 27 heavy (non-hydrogen) atoms. The Morgan fingerprint density at radius 1 is 1.22 bits per heavy atom. The van der Waals surface area contributed by atoms with Gasteiger partial charge in [0.1, 0.15) is 11.5 Å². The number of esters is 1. The van der Waals surface area contributed by atoms with E-state index >= 15 is 0 Å². The van der Waals surface area contributed by atoms with Gasteiger partial charge in [-0.3, -0.25) is 4.79 Å². The Kier molecular flexibility index (Phi) is 5.46. The van der Waals surface area contributed by atoms with Crippen LogP contribution in [0.1, 0.15) is 32.2 Å². The zero-order chi connectivity index (χ0) is 19.6. The maximum atomic E-state index is 12.9. The monoisotopic (exact) mass is 374 g/mol. The molecule has 3 rings (SSSR count). The van der Waals surface area contributed by atoms with Crippen molar-refractivity contribution in [2.75, 3.05) is 27.3 Å². The van der Waals surface area contributed by atoms with Crippen LogP contribution in [0.2, 0.25) is 0 Å². The third-order valence-corrected chi connectivity index (χ3v) is 4.70. The molecule has 1 fully saturated rings. The van der Waals surface area contributed by atoms with Crippen molar-refractivity contribution in [2.24, 2.45) is 5.92 Å². The Balaban J connectivity index is 1.77. The summed E-state index contributed by atoms with van der Waals surface area (Å²) < 4.78 is 15.5. The molecule has 1 aliphatic rings. The number of amides is 1. The van der Waals surface area contributed by atoms with Gasteiger partial charge in [0.2, 0.25) is 0 Å². The van der Waals surface area contributed by atoms with Gasteiger partial charge in [-0.2, -0.15) is 0 Å². The molecule has 1 saturated heterocycles. The van der Waals surface area contributed by atoms with Crippen molar-refractivity contribution >= 4 is 11.9 Å².